The highest BCUT2D eigenvalue weighted by Crippen LogP contribution is 2.46. The molecule has 0 radical (unpaired) electrons. The molecule has 1 rings (SSSR count). The van der Waals surface area contributed by atoms with Gasteiger partial charge in [-0.3, -0.25) is 4.79 Å². The predicted octanol–water partition coefficient (Wildman–Crippen LogP) is 1.91. The van der Waals surface area contributed by atoms with Crippen LogP contribution in [0, 0.1) is 17.9 Å². The first-order valence-corrected chi connectivity index (χ1v) is 3.94. The second-order valence-electron chi connectivity index (χ2n) is 3.86. The monoisotopic (exact) mass is 151 g/mol. The molecule has 1 unspecified atom stereocenters. The lowest BCUT2D eigenvalue weighted by Crippen LogP contribution is -2.40. The van der Waals surface area contributed by atoms with E-state index in [4.69, 9.17) is 6.57 Å². The third-order valence-electron chi connectivity index (χ3n) is 2.64. The van der Waals surface area contributed by atoms with Crippen molar-refractivity contribution < 1.29 is 4.79 Å². The summed E-state index contributed by atoms with van der Waals surface area (Å²) in [6, 6.07) is 0. The van der Waals surface area contributed by atoms with Gasteiger partial charge in [0, 0.05) is 5.92 Å². The van der Waals surface area contributed by atoms with Gasteiger partial charge < -0.3 is 4.85 Å². The fraction of sp³-hybridized carbons (Fsp3) is 0.778. The van der Waals surface area contributed by atoms with Crippen LogP contribution < -0.4 is 0 Å². The summed E-state index contributed by atoms with van der Waals surface area (Å²) in [6.07, 6.45) is 2.11. The third-order valence-corrected chi connectivity index (χ3v) is 2.64. The molecule has 0 amide bonds. The highest BCUT2D eigenvalue weighted by Gasteiger charge is 2.43. The quantitative estimate of drug-likeness (QED) is 0.552. The fourth-order valence-corrected chi connectivity index (χ4v) is 1.65. The number of ketones is 1. The Bertz CT molecular complexity index is 212. The van der Waals surface area contributed by atoms with Crippen LogP contribution in [0.25, 0.3) is 4.85 Å². The van der Waals surface area contributed by atoms with Crippen LogP contribution in [0.4, 0.5) is 0 Å². The summed E-state index contributed by atoms with van der Waals surface area (Å²) in [6.45, 7) is 10.8. The number of carbonyl (C=O) groups excluding carboxylic acids is 1. The van der Waals surface area contributed by atoms with Crippen LogP contribution in [0.1, 0.15) is 26.7 Å². The van der Waals surface area contributed by atoms with Crippen molar-refractivity contribution in [3.8, 4) is 0 Å². The molecule has 0 N–H and O–H groups in total. The lowest BCUT2D eigenvalue weighted by atomic mass is 9.61. The van der Waals surface area contributed by atoms with Gasteiger partial charge in [-0.15, -0.1) is 0 Å². The molecule has 1 saturated carbocycles. The molecule has 2 nitrogen and oxygen atoms in total. The Labute approximate surface area is 67.4 Å². The van der Waals surface area contributed by atoms with Gasteiger partial charge in [0.2, 0.25) is 5.78 Å². The molecule has 2 heteroatoms. The number of hydrogen-bond acceptors (Lipinski definition) is 1. The van der Waals surface area contributed by atoms with Gasteiger partial charge >= 0.3 is 0 Å². The third kappa shape index (κ3) is 1.42. The standard InChI is InChI=1S/C9H13NO/c1-9(2)5-4-7(9)8(11)6-10-3/h7H,4-6H2,1-2H3. The van der Waals surface area contributed by atoms with Crippen molar-refractivity contribution in [3.05, 3.63) is 11.4 Å². The average Bonchev–Trinajstić information content (AvgIpc) is 1.86. The minimum atomic E-state index is 0.0775. The first kappa shape index (κ1) is 8.26. The summed E-state index contributed by atoms with van der Waals surface area (Å²) in [5.74, 6) is 0.299. The Morgan fingerprint density at radius 3 is 2.64 bits per heavy atom. The van der Waals surface area contributed by atoms with Gasteiger partial charge in [0.25, 0.3) is 6.54 Å². The molecule has 1 aliphatic carbocycles. The fourth-order valence-electron chi connectivity index (χ4n) is 1.65. The SMILES string of the molecule is [C-]#[N+]CC(=O)C1CCC1(C)C. The smallest absolute Gasteiger partial charge is 0.272 e. The highest BCUT2D eigenvalue weighted by atomic mass is 16.1. The summed E-state index contributed by atoms with van der Waals surface area (Å²) < 4.78 is 0. The average molecular weight is 151 g/mol. The molecule has 0 heterocycles. The minimum Gasteiger partial charge on any atom is -0.309 e. The van der Waals surface area contributed by atoms with E-state index in [1.54, 1.807) is 0 Å². The lowest BCUT2D eigenvalue weighted by molar-refractivity contribution is -0.129. The number of nitrogens with zero attached hydrogens (tertiary/aromatic N) is 1. The van der Waals surface area contributed by atoms with E-state index >= 15 is 0 Å². The van der Waals surface area contributed by atoms with Gasteiger partial charge in [-0.2, -0.15) is 0 Å². The molecule has 0 aromatic heterocycles. The molecule has 0 bridgehead atoms. The van der Waals surface area contributed by atoms with Gasteiger partial charge in [-0.05, 0) is 18.3 Å². The molecule has 1 atom stereocenters. The molecular weight excluding hydrogens is 138 g/mol. The van der Waals surface area contributed by atoms with Crippen molar-refractivity contribution >= 4 is 5.78 Å². The van der Waals surface area contributed by atoms with Crippen molar-refractivity contribution in [1.29, 1.82) is 0 Å². The molecule has 0 saturated heterocycles. The maximum Gasteiger partial charge on any atom is 0.272 e. The van der Waals surface area contributed by atoms with Crippen LogP contribution in [0.2, 0.25) is 0 Å². The van der Waals surface area contributed by atoms with E-state index in [9.17, 15) is 4.79 Å². The first-order chi connectivity index (χ1) is 5.08. The maximum absolute atomic E-state index is 11.2. The van der Waals surface area contributed by atoms with E-state index < -0.39 is 0 Å². The Hall–Kier alpha value is -0.840. The van der Waals surface area contributed by atoms with E-state index in [0.29, 0.717) is 0 Å². The second kappa shape index (κ2) is 2.65. The van der Waals surface area contributed by atoms with Crippen LogP contribution in [0.15, 0.2) is 0 Å². The Morgan fingerprint density at radius 2 is 2.36 bits per heavy atom. The molecule has 1 fully saturated rings. The van der Waals surface area contributed by atoms with Crippen LogP contribution in [-0.4, -0.2) is 12.3 Å². The molecule has 0 spiro atoms. The second-order valence-corrected chi connectivity index (χ2v) is 3.86. The van der Waals surface area contributed by atoms with E-state index in [2.05, 4.69) is 18.7 Å². The summed E-state index contributed by atoms with van der Waals surface area (Å²) >= 11 is 0. The van der Waals surface area contributed by atoms with E-state index in [1.165, 1.54) is 0 Å². The summed E-state index contributed by atoms with van der Waals surface area (Å²) in [4.78, 5) is 14.3. The van der Waals surface area contributed by atoms with Crippen molar-refractivity contribution in [2.45, 2.75) is 26.7 Å². The maximum atomic E-state index is 11.2. The molecule has 0 aliphatic heterocycles. The van der Waals surface area contributed by atoms with Crippen molar-refractivity contribution in [2.24, 2.45) is 11.3 Å². The zero-order chi connectivity index (χ0) is 8.48. The largest absolute Gasteiger partial charge is 0.309 e. The molecule has 60 valence electrons. The zero-order valence-corrected chi connectivity index (χ0v) is 7.05. The summed E-state index contributed by atoms with van der Waals surface area (Å²) in [5.41, 5.74) is 0.168. The van der Waals surface area contributed by atoms with Gasteiger partial charge in [-0.1, -0.05) is 13.8 Å². The Kier molecular flexibility index (Phi) is 1.99. The summed E-state index contributed by atoms with van der Waals surface area (Å²) in [5, 5.41) is 0. The lowest BCUT2D eigenvalue weighted by Gasteiger charge is -2.42. The summed E-state index contributed by atoms with van der Waals surface area (Å²) in [7, 11) is 0. The topological polar surface area (TPSA) is 21.4 Å². The predicted molar refractivity (Wildman–Crippen MR) is 43.0 cm³/mol. The van der Waals surface area contributed by atoms with Gasteiger partial charge in [0.15, 0.2) is 0 Å². The Morgan fingerprint density at radius 1 is 1.73 bits per heavy atom. The normalized spacial score (nSPS) is 26.8. The van der Waals surface area contributed by atoms with E-state index in [-0.39, 0.29) is 23.7 Å². The number of hydrogen-bond donors (Lipinski definition) is 0. The minimum absolute atomic E-state index is 0.0775. The molecule has 1 aliphatic rings. The van der Waals surface area contributed by atoms with Crippen molar-refractivity contribution in [3.63, 3.8) is 0 Å². The number of carbonyl (C=O) groups is 1. The van der Waals surface area contributed by atoms with Gasteiger partial charge in [0.1, 0.15) is 0 Å². The van der Waals surface area contributed by atoms with Crippen molar-refractivity contribution in [1.82, 2.24) is 0 Å². The van der Waals surface area contributed by atoms with Crippen LogP contribution in [-0.2, 0) is 4.79 Å². The van der Waals surface area contributed by atoms with Crippen LogP contribution in [0.5, 0.6) is 0 Å². The molecule has 11 heavy (non-hydrogen) atoms. The van der Waals surface area contributed by atoms with Gasteiger partial charge in [0.05, 0.1) is 0 Å². The first-order valence-electron chi connectivity index (χ1n) is 3.94. The van der Waals surface area contributed by atoms with E-state index in [1.807, 2.05) is 0 Å². The van der Waals surface area contributed by atoms with Gasteiger partial charge in [-0.25, -0.2) is 6.57 Å². The molecule has 0 aromatic rings. The number of Topliss-reactive ketones (excluding diaryl/α,β-unsaturated/α-hetero) is 1. The van der Waals surface area contributed by atoms with Crippen LogP contribution in [0.3, 0.4) is 0 Å². The van der Waals surface area contributed by atoms with Crippen LogP contribution >= 0.6 is 0 Å². The number of rotatable bonds is 2. The highest BCUT2D eigenvalue weighted by molar-refractivity contribution is 5.85. The zero-order valence-electron chi connectivity index (χ0n) is 7.05. The Balaban J connectivity index is 2.51. The van der Waals surface area contributed by atoms with Crippen molar-refractivity contribution in [2.75, 3.05) is 6.54 Å². The van der Waals surface area contributed by atoms with E-state index in [0.717, 1.165) is 12.8 Å². The molecule has 0 aromatic carbocycles. The molecular formula is C9H13NO.